The second-order valence-electron chi connectivity index (χ2n) is 1.99. The van der Waals surface area contributed by atoms with Crippen molar-refractivity contribution in [2.75, 3.05) is 0 Å². The Kier molecular flexibility index (Phi) is 3.86. The summed E-state index contributed by atoms with van der Waals surface area (Å²) in [7, 11) is -13.2. The van der Waals surface area contributed by atoms with Crippen LogP contribution in [0.2, 0.25) is 0 Å². The molecule has 0 heterocycles. The van der Waals surface area contributed by atoms with E-state index in [1.807, 2.05) is 8.37 Å². The molecule has 0 spiro atoms. The van der Waals surface area contributed by atoms with Crippen LogP contribution in [-0.4, -0.2) is 29.1 Å². The summed E-state index contributed by atoms with van der Waals surface area (Å²) in [6.07, 6.45) is -6.48. The molecular formula is C2F6O6S2. The Balaban J connectivity index is 5.40. The van der Waals surface area contributed by atoms with Gasteiger partial charge in [-0.25, -0.2) is 0 Å². The zero-order valence-electron chi connectivity index (χ0n) is 6.53. The van der Waals surface area contributed by atoms with Crippen LogP contribution in [0.25, 0.3) is 0 Å². The maximum absolute atomic E-state index is 12.5. The van der Waals surface area contributed by atoms with E-state index < -0.39 is 33.2 Å². The van der Waals surface area contributed by atoms with Crippen molar-refractivity contribution in [3.63, 3.8) is 0 Å². The molecule has 0 unspecified atom stereocenters. The minimum absolute atomic E-state index is 2.04. The summed E-state index contributed by atoms with van der Waals surface area (Å²) in [6, 6.07) is -6.02. The monoisotopic (exact) mass is 298 g/mol. The summed E-state index contributed by atoms with van der Waals surface area (Å²) in [4.78, 5) is 0. The molecule has 0 atom stereocenters. The van der Waals surface area contributed by atoms with E-state index >= 15 is 0 Å². The van der Waals surface area contributed by atoms with E-state index in [1.165, 1.54) is 0 Å². The summed E-state index contributed by atoms with van der Waals surface area (Å²) in [5.41, 5.74) is 0. The largest absolute Gasteiger partial charge is 0.480 e. The summed E-state index contributed by atoms with van der Waals surface area (Å²) >= 11 is 0. The van der Waals surface area contributed by atoms with Crippen LogP contribution in [0.4, 0.5) is 25.3 Å². The highest BCUT2D eigenvalue weighted by molar-refractivity contribution is 7.82. The second kappa shape index (κ2) is 4.01. The van der Waals surface area contributed by atoms with Crippen LogP contribution in [0.3, 0.4) is 0 Å². The van der Waals surface area contributed by atoms with Crippen molar-refractivity contribution in [3.05, 3.63) is 0 Å². The molecule has 0 aromatic rings. The minimum Gasteiger partial charge on any atom is -0.169 e. The predicted molar refractivity (Wildman–Crippen MR) is 32.1 cm³/mol. The lowest BCUT2D eigenvalue weighted by atomic mass is 10.6. The molecule has 0 aromatic carbocycles. The lowest BCUT2D eigenvalue weighted by Crippen LogP contribution is -2.47. The fourth-order valence-corrected chi connectivity index (χ4v) is 1.18. The zero-order valence-corrected chi connectivity index (χ0v) is 8.17. The highest BCUT2D eigenvalue weighted by Gasteiger charge is 2.65. The van der Waals surface area contributed by atoms with Crippen molar-refractivity contribution >= 4 is 21.0 Å². The van der Waals surface area contributed by atoms with Gasteiger partial charge in [0, 0.05) is 0 Å². The quantitative estimate of drug-likeness (QED) is 0.430. The predicted octanol–water partition coefficient (Wildman–Crippen LogP) is 0.634. The first-order chi connectivity index (χ1) is 6.66. The molecule has 0 aliphatic heterocycles. The first kappa shape index (κ1) is 15.4. The molecule has 0 radical (unpaired) electrons. The smallest absolute Gasteiger partial charge is 0.169 e. The third-order valence-corrected chi connectivity index (χ3v) is 1.58. The average molecular weight is 298 g/mol. The third-order valence-electron chi connectivity index (χ3n) is 0.752. The molecule has 0 rings (SSSR count). The highest BCUT2D eigenvalue weighted by atomic mass is 32.3. The molecule has 6 nitrogen and oxygen atoms in total. The first-order valence-corrected chi connectivity index (χ1v) is 5.34. The van der Waals surface area contributed by atoms with Gasteiger partial charge in [-0.15, -0.1) is 0 Å². The lowest BCUT2D eigenvalue weighted by Gasteiger charge is -2.22. The Labute approximate surface area is 84.6 Å². The number of halogens is 6. The SMILES string of the molecule is O=S(=O)(F)OC(F)(OS(=O)(=O)F)C(F)(F)F. The Morgan fingerprint density at radius 2 is 1.00 bits per heavy atom. The van der Waals surface area contributed by atoms with Gasteiger partial charge >= 0.3 is 33.2 Å². The van der Waals surface area contributed by atoms with Gasteiger partial charge in [0.1, 0.15) is 0 Å². The van der Waals surface area contributed by atoms with Gasteiger partial charge in [0.05, 0.1) is 0 Å². The van der Waals surface area contributed by atoms with Crippen LogP contribution in [-0.2, 0) is 29.4 Å². The van der Waals surface area contributed by atoms with Crippen LogP contribution in [0.1, 0.15) is 0 Å². The van der Waals surface area contributed by atoms with Crippen LogP contribution in [0, 0.1) is 0 Å². The zero-order chi connectivity index (χ0) is 13.4. The molecule has 0 amide bonds. The average Bonchev–Trinajstić information content (AvgIpc) is 1.72. The van der Waals surface area contributed by atoms with E-state index in [4.69, 9.17) is 0 Å². The molecule has 0 aliphatic carbocycles. The van der Waals surface area contributed by atoms with Crippen LogP contribution in [0.5, 0.6) is 0 Å². The molecule has 14 heteroatoms. The fraction of sp³-hybridized carbons (Fsp3) is 1.00. The van der Waals surface area contributed by atoms with Crippen molar-refractivity contribution in [2.45, 2.75) is 12.2 Å². The second-order valence-corrected chi connectivity index (χ2v) is 3.89. The van der Waals surface area contributed by atoms with E-state index in [2.05, 4.69) is 0 Å². The first-order valence-electron chi connectivity index (χ1n) is 2.72. The van der Waals surface area contributed by atoms with Gasteiger partial charge in [0.15, 0.2) is 0 Å². The van der Waals surface area contributed by atoms with Gasteiger partial charge in [-0.05, 0) is 0 Å². The third kappa shape index (κ3) is 4.95. The molecule has 0 saturated heterocycles. The molecule has 16 heavy (non-hydrogen) atoms. The van der Waals surface area contributed by atoms with E-state index in [9.17, 15) is 42.2 Å². The number of hydrogen-bond acceptors (Lipinski definition) is 6. The van der Waals surface area contributed by atoms with Gasteiger partial charge in [-0.1, -0.05) is 7.77 Å². The summed E-state index contributed by atoms with van der Waals surface area (Å²) in [5, 5.41) is 0. The summed E-state index contributed by atoms with van der Waals surface area (Å²) in [6.45, 7) is 0. The fourth-order valence-electron chi connectivity index (χ4n) is 0.364. The van der Waals surface area contributed by atoms with Gasteiger partial charge in [-0.2, -0.15) is 42.8 Å². The Morgan fingerprint density at radius 3 is 1.12 bits per heavy atom. The van der Waals surface area contributed by atoms with Gasteiger partial charge < -0.3 is 0 Å². The van der Waals surface area contributed by atoms with Gasteiger partial charge in [-0.3, -0.25) is 0 Å². The maximum Gasteiger partial charge on any atom is 0.480 e. The maximum atomic E-state index is 12.5. The molecular weight excluding hydrogens is 298 g/mol. The van der Waals surface area contributed by atoms with Crippen molar-refractivity contribution in [1.29, 1.82) is 0 Å². The normalized spacial score (nSPS) is 15.1. The minimum atomic E-state index is -6.59. The van der Waals surface area contributed by atoms with Gasteiger partial charge in [0.25, 0.3) is 0 Å². The summed E-state index contributed by atoms with van der Waals surface area (Å²) < 4.78 is 113. The molecule has 0 aliphatic rings. The van der Waals surface area contributed by atoms with Gasteiger partial charge in [0.2, 0.25) is 0 Å². The lowest BCUT2D eigenvalue weighted by molar-refractivity contribution is -0.381. The van der Waals surface area contributed by atoms with Crippen molar-refractivity contribution in [3.8, 4) is 0 Å². The number of rotatable bonds is 4. The Morgan fingerprint density at radius 1 is 0.750 bits per heavy atom. The molecule has 0 fully saturated rings. The molecule has 0 N–H and O–H groups in total. The number of hydrogen-bond donors (Lipinski definition) is 0. The van der Waals surface area contributed by atoms with E-state index in [0.717, 1.165) is 0 Å². The summed E-state index contributed by atoms with van der Waals surface area (Å²) in [5.74, 6) is 0. The van der Waals surface area contributed by atoms with Crippen molar-refractivity contribution in [1.82, 2.24) is 0 Å². The van der Waals surface area contributed by atoms with Crippen molar-refractivity contribution < 1.29 is 50.5 Å². The molecule has 0 aromatic heterocycles. The van der Waals surface area contributed by atoms with E-state index in [-0.39, 0.29) is 0 Å². The Bertz CT molecular complexity index is 412. The van der Waals surface area contributed by atoms with Crippen LogP contribution < -0.4 is 0 Å². The van der Waals surface area contributed by atoms with E-state index in [0.29, 0.717) is 0 Å². The van der Waals surface area contributed by atoms with E-state index in [1.54, 1.807) is 0 Å². The highest BCUT2D eigenvalue weighted by Crippen LogP contribution is 2.39. The molecule has 98 valence electrons. The topological polar surface area (TPSA) is 86.7 Å². The Hall–Kier alpha value is -0.600. The van der Waals surface area contributed by atoms with Crippen LogP contribution >= 0.6 is 0 Å². The number of alkyl halides is 4. The van der Waals surface area contributed by atoms with Crippen LogP contribution in [0.15, 0.2) is 0 Å². The molecule has 0 bridgehead atoms. The molecule has 0 saturated carbocycles. The van der Waals surface area contributed by atoms with Crippen molar-refractivity contribution in [2.24, 2.45) is 0 Å². The standard InChI is InChI=1S/C2F6O6S2/c3-1(4,5)2(6,13-15(7,9)10)14-16(8,11)12.